The number of nitrogens with zero attached hydrogens (tertiary/aromatic N) is 5. The van der Waals surface area contributed by atoms with Gasteiger partial charge >= 0.3 is 12.1 Å². The molecule has 0 aliphatic heterocycles. The van der Waals surface area contributed by atoms with Crippen molar-refractivity contribution in [3.05, 3.63) is 89.6 Å². The molecule has 0 saturated heterocycles. The normalized spacial score (nSPS) is 11.3. The van der Waals surface area contributed by atoms with E-state index in [0.717, 1.165) is 11.8 Å². The summed E-state index contributed by atoms with van der Waals surface area (Å²) >= 11 is 0. The predicted octanol–water partition coefficient (Wildman–Crippen LogP) is 3.96. The van der Waals surface area contributed by atoms with Crippen LogP contribution in [0.3, 0.4) is 0 Å². The number of benzene rings is 1. The minimum Gasteiger partial charge on any atom is -0.462 e. The highest BCUT2D eigenvalue weighted by Crippen LogP contribution is 2.34. The Balaban J connectivity index is 1.50. The van der Waals surface area contributed by atoms with Gasteiger partial charge < -0.3 is 10.1 Å². The summed E-state index contributed by atoms with van der Waals surface area (Å²) in [6.45, 7) is 1.91. The van der Waals surface area contributed by atoms with Crippen molar-refractivity contribution in [2.45, 2.75) is 19.6 Å². The molecule has 4 rings (SSSR count). The van der Waals surface area contributed by atoms with Crippen molar-refractivity contribution in [3.8, 4) is 5.69 Å². The van der Waals surface area contributed by atoms with Crippen LogP contribution in [-0.4, -0.2) is 43.0 Å². The van der Waals surface area contributed by atoms with Gasteiger partial charge in [0.05, 0.1) is 25.0 Å². The lowest BCUT2D eigenvalue weighted by molar-refractivity contribution is -0.143. The van der Waals surface area contributed by atoms with Gasteiger partial charge in [0.25, 0.3) is 5.91 Å². The number of alkyl halides is 3. The summed E-state index contributed by atoms with van der Waals surface area (Å²) < 4.78 is 48.0. The van der Waals surface area contributed by atoms with Gasteiger partial charge in [-0.05, 0) is 48.9 Å². The van der Waals surface area contributed by atoms with Crippen LogP contribution < -0.4 is 5.32 Å². The zero-order valence-corrected chi connectivity index (χ0v) is 18.4. The average molecular weight is 484 g/mol. The smallest absolute Gasteiger partial charge is 0.434 e. The molecule has 0 saturated carbocycles. The molecule has 0 bridgehead atoms. The van der Waals surface area contributed by atoms with Crippen LogP contribution in [-0.2, 0) is 17.5 Å². The number of esters is 1. The second kappa shape index (κ2) is 9.79. The molecule has 0 aliphatic carbocycles. The standard InChI is InChI=1S/C23H19F3N6O3/c1-2-35-22(34)18-13-28-32(20(18)23(24,25)26)17-5-3-16(4-6-17)21(33)29-19-9-12-31(30-19)14-15-7-10-27-11-8-15/h3-13H,2,14H2,1H3,(H,29,30,33). The van der Waals surface area contributed by atoms with Crippen LogP contribution in [0.2, 0.25) is 0 Å². The Kier molecular flexibility index (Phi) is 6.62. The topological polar surface area (TPSA) is 104 Å². The van der Waals surface area contributed by atoms with E-state index in [2.05, 4.69) is 20.5 Å². The Bertz CT molecular complexity index is 1330. The number of amides is 1. The lowest BCUT2D eigenvalue weighted by Crippen LogP contribution is -2.18. The fourth-order valence-corrected chi connectivity index (χ4v) is 3.31. The fraction of sp³-hybridized carbons (Fsp3) is 0.174. The first kappa shape index (κ1) is 23.7. The fourth-order valence-electron chi connectivity index (χ4n) is 3.31. The van der Waals surface area contributed by atoms with Crippen molar-refractivity contribution in [2.24, 2.45) is 0 Å². The summed E-state index contributed by atoms with van der Waals surface area (Å²) in [7, 11) is 0. The van der Waals surface area contributed by atoms with Crippen LogP contribution in [0.5, 0.6) is 0 Å². The van der Waals surface area contributed by atoms with E-state index in [1.165, 1.54) is 31.2 Å². The quantitative estimate of drug-likeness (QED) is 0.398. The van der Waals surface area contributed by atoms with E-state index in [1.807, 2.05) is 12.1 Å². The first-order valence-electron chi connectivity index (χ1n) is 10.4. The summed E-state index contributed by atoms with van der Waals surface area (Å²) in [5.41, 5.74) is -0.745. The Morgan fingerprint density at radius 1 is 1.06 bits per heavy atom. The van der Waals surface area contributed by atoms with Gasteiger partial charge in [-0.15, -0.1) is 0 Å². The molecule has 9 nitrogen and oxygen atoms in total. The summed E-state index contributed by atoms with van der Waals surface area (Å²) in [5.74, 6) is -1.29. The number of pyridine rings is 1. The van der Waals surface area contributed by atoms with Crippen molar-refractivity contribution in [1.29, 1.82) is 0 Å². The van der Waals surface area contributed by atoms with E-state index in [0.29, 0.717) is 17.0 Å². The highest BCUT2D eigenvalue weighted by atomic mass is 19.4. The molecular weight excluding hydrogens is 465 g/mol. The SMILES string of the molecule is CCOC(=O)c1cnn(-c2ccc(C(=O)Nc3ccn(Cc4ccncc4)n3)cc2)c1C(F)(F)F. The van der Waals surface area contributed by atoms with Crippen molar-refractivity contribution in [1.82, 2.24) is 24.5 Å². The first-order chi connectivity index (χ1) is 16.8. The van der Waals surface area contributed by atoms with E-state index in [4.69, 9.17) is 4.74 Å². The van der Waals surface area contributed by atoms with Gasteiger partial charge in [0, 0.05) is 30.2 Å². The molecule has 0 fully saturated rings. The third kappa shape index (κ3) is 5.37. The molecule has 0 atom stereocenters. The monoisotopic (exact) mass is 484 g/mol. The number of nitrogens with one attached hydrogen (secondary N) is 1. The van der Waals surface area contributed by atoms with Gasteiger partial charge in [0.1, 0.15) is 5.56 Å². The van der Waals surface area contributed by atoms with E-state index in [9.17, 15) is 22.8 Å². The number of ether oxygens (including phenoxy) is 1. The number of anilines is 1. The lowest BCUT2D eigenvalue weighted by atomic mass is 10.2. The number of carbonyl (C=O) groups is 2. The Hall–Kier alpha value is -4.48. The van der Waals surface area contributed by atoms with Gasteiger partial charge in [-0.3, -0.25) is 14.5 Å². The predicted molar refractivity (Wildman–Crippen MR) is 118 cm³/mol. The molecule has 0 aliphatic rings. The van der Waals surface area contributed by atoms with Crippen LogP contribution >= 0.6 is 0 Å². The molecule has 1 N–H and O–H groups in total. The van der Waals surface area contributed by atoms with Gasteiger partial charge in [-0.2, -0.15) is 23.4 Å². The minimum absolute atomic E-state index is 0.0195. The van der Waals surface area contributed by atoms with Gasteiger partial charge in [-0.1, -0.05) is 0 Å². The molecular formula is C23H19F3N6O3. The molecule has 12 heteroatoms. The Morgan fingerprint density at radius 3 is 2.43 bits per heavy atom. The number of aromatic nitrogens is 5. The number of hydrogen-bond donors (Lipinski definition) is 1. The zero-order valence-electron chi connectivity index (χ0n) is 18.4. The summed E-state index contributed by atoms with van der Waals surface area (Å²) in [6.07, 6.45) is 0.998. The molecule has 35 heavy (non-hydrogen) atoms. The first-order valence-corrected chi connectivity index (χ1v) is 10.4. The second-order valence-corrected chi connectivity index (χ2v) is 7.29. The molecule has 180 valence electrons. The van der Waals surface area contributed by atoms with E-state index >= 15 is 0 Å². The molecule has 3 aromatic heterocycles. The van der Waals surface area contributed by atoms with Crippen molar-refractivity contribution in [3.63, 3.8) is 0 Å². The third-order valence-electron chi connectivity index (χ3n) is 4.88. The zero-order chi connectivity index (χ0) is 25.0. The molecule has 4 aromatic rings. The Labute approximate surface area is 197 Å². The minimum atomic E-state index is -4.86. The van der Waals surface area contributed by atoms with Crippen LogP contribution in [0.4, 0.5) is 19.0 Å². The summed E-state index contributed by atoms with van der Waals surface area (Å²) in [6, 6.07) is 10.6. The molecule has 0 spiro atoms. The maximum absolute atomic E-state index is 13.7. The summed E-state index contributed by atoms with van der Waals surface area (Å²) in [5, 5.41) is 10.7. The largest absolute Gasteiger partial charge is 0.462 e. The van der Waals surface area contributed by atoms with Crippen LogP contribution in [0, 0.1) is 0 Å². The van der Waals surface area contributed by atoms with Crippen molar-refractivity contribution in [2.75, 3.05) is 11.9 Å². The molecule has 0 radical (unpaired) electrons. The maximum atomic E-state index is 13.7. The second-order valence-electron chi connectivity index (χ2n) is 7.29. The van der Waals surface area contributed by atoms with E-state index in [1.54, 1.807) is 29.3 Å². The maximum Gasteiger partial charge on any atom is 0.434 e. The highest BCUT2D eigenvalue weighted by molar-refractivity contribution is 6.03. The van der Waals surface area contributed by atoms with Crippen molar-refractivity contribution < 1.29 is 27.5 Å². The number of hydrogen-bond acceptors (Lipinski definition) is 6. The van der Waals surface area contributed by atoms with Crippen molar-refractivity contribution >= 4 is 17.7 Å². The molecule has 0 unspecified atom stereocenters. The third-order valence-corrected chi connectivity index (χ3v) is 4.88. The van der Waals surface area contributed by atoms with E-state index in [-0.39, 0.29) is 17.9 Å². The number of halogens is 3. The number of rotatable bonds is 7. The van der Waals surface area contributed by atoms with Gasteiger partial charge in [0.15, 0.2) is 11.5 Å². The molecule has 1 aromatic carbocycles. The Morgan fingerprint density at radius 2 is 1.77 bits per heavy atom. The average Bonchev–Trinajstić information content (AvgIpc) is 3.47. The lowest BCUT2D eigenvalue weighted by Gasteiger charge is -2.12. The molecule has 3 heterocycles. The van der Waals surface area contributed by atoms with Crippen LogP contribution in [0.25, 0.3) is 5.69 Å². The van der Waals surface area contributed by atoms with Crippen LogP contribution in [0.1, 0.15) is 38.9 Å². The van der Waals surface area contributed by atoms with Gasteiger partial charge in [0.2, 0.25) is 0 Å². The van der Waals surface area contributed by atoms with Crippen LogP contribution in [0.15, 0.2) is 67.3 Å². The number of carbonyl (C=O) groups excluding carboxylic acids is 2. The summed E-state index contributed by atoms with van der Waals surface area (Å²) in [4.78, 5) is 28.5. The van der Waals surface area contributed by atoms with Gasteiger partial charge in [-0.25, -0.2) is 9.48 Å². The highest BCUT2D eigenvalue weighted by Gasteiger charge is 2.41. The molecule has 1 amide bonds. The van der Waals surface area contributed by atoms with E-state index < -0.39 is 29.3 Å².